The van der Waals surface area contributed by atoms with Gasteiger partial charge in [0.15, 0.2) is 5.65 Å². The number of nitrogens with one attached hydrogen (secondary N) is 1. The average Bonchev–Trinajstić information content (AvgIpc) is 3.68. The van der Waals surface area contributed by atoms with E-state index < -0.39 is 29.3 Å². The number of aromatic nitrogens is 3. The lowest BCUT2D eigenvalue weighted by Gasteiger charge is -2.30. The van der Waals surface area contributed by atoms with Crippen molar-refractivity contribution in [2.75, 3.05) is 36.5 Å². The van der Waals surface area contributed by atoms with Gasteiger partial charge in [-0.25, -0.2) is 28.1 Å². The van der Waals surface area contributed by atoms with E-state index in [0.29, 0.717) is 54.8 Å². The van der Waals surface area contributed by atoms with E-state index in [1.54, 1.807) is 6.92 Å². The maximum Gasteiger partial charge on any atom is 0.266 e. The van der Waals surface area contributed by atoms with Crippen LogP contribution in [0.2, 0.25) is 0 Å². The van der Waals surface area contributed by atoms with Crippen LogP contribution in [0.5, 0.6) is 0 Å². The topological polar surface area (TPSA) is 87.0 Å². The second kappa shape index (κ2) is 9.39. The quantitative estimate of drug-likeness (QED) is 0.455. The molecule has 0 bridgehead atoms. The zero-order valence-electron chi connectivity index (χ0n) is 19.8. The molecular weight excluding hydrogens is 469 g/mol. The van der Waals surface area contributed by atoms with Crippen molar-refractivity contribution in [3.8, 4) is 6.07 Å². The molecule has 1 saturated heterocycles. The number of hydrogen-bond acceptors (Lipinski definition) is 7. The number of nitrogens with zero attached hydrogens (tertiary/aromatic N) is 5. The smallest absolute Gasteiger partial charge is 0.266 e. The van der Waals surface area contributed by atoms with E-state index in [4.69, 9.17) is 9.72 Å². The van der Waals surface area contributed by atoms with Crippen molar-refractivity contribution < 1.29 is 17.9 Å². The predicted molar refractivity (Wildman–Crippen MR) is 130 cm³/mol. The molecule has 36 heavy (non-hydrogen) atoms. The fourth-order valence-electron chi connectivity index (χ4n) is 4.59. The number of aryl methyl sites for hydroxylation is 1. The van der Waals surface area contributed by atoms with Gasteiger partial charge in [-0.1, -0.05) is 24.3 Å². The van der Waals surface area contributed by atoms with Crippen LogP contribution in [0.1, 0.15) is 47.8 Å². The van der Waals surface area contributed by atoms with Crippen LogP contribution in [-0.4, -0.2) is 41.3 Å². The number of rotatable bonds is 7. The fraction of sp³-hybridized carbons (Fsp3) is 0.385. The minimum Gasteiger partial charge on any atom is -0.378 e. The van der Waals surface area contributed by atoms with E-state index in [1.807, 2.05) is 6.07 Å². The fourth-order valence-corrected chi connectivity index (χ4v) is 4.59. The van der Waals surface area contributed by atoms with Crippen LogP contribution in [0.4, 0.5) is 24.8 Å². The summed E-state index contributed by atoms with van der Waals surface area (Å²) in [7, 11) is 0. The van der Waals surface area contributed by atoms with Crippen LogP contribution in [0.3, 0.4) is 0 Å². The monoisotopic (exact) mass is 494 g/mol. The van der Waals surface area contributed by atoms with Crippen LogP contribution in [0.25, 0.3) is 11.0 Å². The highest BCUT2D eigenvalue weighted by Gasteiger charge is 2.48. The molecule has 1 N–H and O–H groups in total. The highest BCUT2D eigenvalue weighted by atomic mass is 19.3. The number of nitriles is 1. The largest absolute Gasteiger partial charge is 0.378 e. The summed E-state index contributed by atoms with van der Waals surface area (Å²) >= 11 is 0. The van der Waals surface area contributed by atoms with Gasteiger partial charge in [0.25, 0.3) is 6.43 Å². The van der Waals surface area contributed by atoms with Crippen LogP contribution < -0.4 is 10.2 Å². The maximum absolute atomic E-state index is 14.9. The first-order valence-corrected chi connectivity index (χ1v) is 11.8. The molecular formula is C26H25F3N6O. The van der Waals surface area contributed by atoms with Gasteiger partial charge in [-0.05, 0) is 25.8 Å². The molecule has 3 aromatic rings. The molecule has 1 atom stereocenters. The third kappa shape index (κ3) is 4.24. The number of halogens is 3. The van der Waals surface area contributed by atoms with Gasteiger partial charge in [0, 0.05) is 24.2 Å². The first-order chi connectivity index (χ1) is 17.4. The normalized spacial score (nSPS) is 17.6. The van der Waals surface area contributed by atoms with Crippen LogP contribution >= 0.6 is 0 Å². The third-order valence-electron chi connectivity index (χ3n) is 6.73. The van der Waals surface area contributed by atoms with Gasteiger partial charge in [0.1, 0.15) is 23.3 Å². The van der Waals surface area contributed by atoms with E-state index in [-0.39, 0.29) is 5.56 Å². The van der Waals surface area contributed by atoms with E-state index in [0.717, 1.165) is 24.5 Å². The number of benzene rings is 1. The Morgan fingerprint density at radius 3 is 2.56 bits per heavy atom. The molecule has 7 nitrogen and oxygen atoms in total. The first-order valence-electron chi connectivity index (χ1n) is 11.8. The third-order valence-corrected chi connectivity index (χ3v) is 6.73. The lowest BCUT2D eigenvalue weighted by molar-refractivity contribution is 0.122. The molecule has 2 aromatic heterocycles. The van der Waals surface area contributed by atoms with Gasteiger partial charge in [-0.3, -0.25) is 0 Å². The second-order valence-corrected chi connectivity index (χ2v) is 9.05. The number of pyridine rings is 1. The summed E-state index contributed by atoms with van der Waals surface area (Å²) in [6, 6.07) is 7.39. The molecule has 186 valence electrons. The zero-order valence-corrected chi connectivity index (χ0v) is 19.8. The number of ether oxygens (including phenoxy) is 1. The SMILES string of the molecule is C=C[C@@H](Nc1nc(C)nc2nc(N3CCOCC3)c(C3(C#N)CC3)cc12)c1cccc(C(F)F)c1F. The van der Waals surface area contributed by atoms with Gasteiger partial charge < -0.3 is 15.0 Å². The summed E-state index contributed by atoms with van der Waals surface area (Å²) in [5.41, 5.74) is -0.0498. The number of fused-ring (bicyclic) bond motifs is 1. The van der Waals surface area contributed by atoms with Crippen LogP contribution in [-0.2, 0) is 10.2 Å². The van der Waals surface area contributed by atoms with Gasteiger partial charge in [-0.2, -0.15) is 5.26 Å². The van der Waals surface area contributed by atoms with Crippen molar-refractivity contribution in [3.05, 3.63) is 65.3 Å². The number of hydrogen-bond donors (Lipinski definition) is 1. The molecule has 2 fully saturated rings. The van der Waals surface area contributed by atoms with Crippen LogP contribution in [0, 0.1) is 24.1 Å². The Morgan fingerprint density at radius 2 is 1.92 bits per heavy atom. The standard InChI is InChI=1S/C26H25F3N6O/c1-3-20(16-5-4-6-17(21(16)27)22(28)29)33-23-18-13-19(26(14-30)7-8-26)25(35-9-11-36-12-10-35)34-24(18)32-15(2)31-23/h3-6,13,20,22H,1,7-12H2,2H3,(H,31,32,33,34)/t20-/m1/s1. The molecule has 1 aliphatic carbocycles. The Morgan fingerprint density at radius 1 is 1.19 bits per heavy atom. The molecule has 0 spiro atoms. The Labute approximate surface area is 206 Å². The van der Waals surface area contributed by atoms with Crippen molar-refractivity contribution in [1.82, 2.24) is 15.0 Å². The molecule has 5 rings (SSSR count). The molecule has 1 aromatic carbocycles. The second-order valence-electron chi connectivity index (χ2n) is 9.05. The molecule has 0 amide bonds. The van der Waals surface area contributed by atoms with Crippen molar-refractivity contribution in [2.45, 2.75) is 37.6 Å². The Hall–Kier alpha value is -3.71. The molecule has 0 radical (unpaired) electrons. The zero-order chi connectivity index (χ0) is 25.4. The lowest BCUT2D eigenvalue weighted by atomic mass is 9.96. The summed E-state index contributed by atoms with van der Waals surface area (Å²) in [6.45, 7) is 7.93. The Bertz CT molecular complexity index is 1360. The van der Waals surface area contributed by atoms with E-state index in [2.05, 4.69) is 32.8 Å². The van der Waals surface area contributed by atoms with Crippen molar-refractivity contribution >= 4 is 22.7 Å². The maximum atomic E-state index is 14.9. The van der Waals surface area contributed by atoms with Crippen LogP contribution in [0.15, 0.2) is 36.9 Å². The highest BCUT2D eigenvalue weighted by molar-refractivity contribution is 5.90. The van der Waals surface area contributed by atoms with Gasteiger partial charge >= 0.3 is 0 Å². The molecule has 2 aliphatic rings. The summed E-state index contributed by atoms with van der Waals surface area (Å²) in [4.78, 5) is 16.0. The van der Waals surface area contributed by atoms with Gasteiger partial charge in [0.2, 0.25) is 0 Å². The number of alkyl halides is 2. The minimum atomic E-state index is -2.94. The minimum absolute atomic E-state index is 0.0287. The van der Waals surface area contributed by atoms with E-state index in [9.17, 15) is 18.4 Å². The predicted octanol–water partition coefficient (Wildman–Crippen LogP) is 5.14. The summed E-state index contributed by atoms with van der Waals surface area (Å²) in [5, 5.41) is 13.7. The molecule has 1 saturated carbocycles. The number of anilines is 2. The first kappa shape index (κ1) is 24.0. The molecule has 3 heterocycles. The summed E-state index contributed by atoms with van der Waals surface area (Å²) in [5.74, 6) is 0.518. The lowest BCUT2D eigenvalue weighted by Crippen LogP contribution is -2.38. The summed E-state index contributed by atoms with van der Waals surface area (Å²) < 4.78 is 47.0. The highest BCUT2D eigenvalue weighted by Crippen LogP contribution is 2.51. The molecule has 1 aliphatic heterocycles. The van der Waals surface area contributed by atoms with Crippen molar-refractivity contribution in [2.24, 2.45) is 0 Å². The molecule has 10 heteroatoms. The van der Waals surface area contributed by atoms with Gasteiger partial charge in [-0.15, -0.1) is 6.58 Å². The average molecular weight is 495 g/mol. The van der Waals surface area contributed by atoms with E-state index in [1.165, 1.54) is 18.2 Å². The Kier molecular flexibility index (Phi) is 6.26. The summed E-state index contributed by atoms with van der Waals surface area (Å²) in [6.07, 6.45) is -0.0523. The van der Waals surface area contributed by atoms with Crippen molar-refractivity contribution in [3.63, 3.8) is 0 Å². The van der Waals surface area contributed by atoms with E-state index >= 15 is 0 Å². The van der Waals surface area contributed by atoms with Crippen molar-refractivity contribution in [1.29, 1.82) is 5.26 Å². The van der Waals surface area contributed by atoms with Gasteiger partial charge in [0.05, 0.1) is 41.7 Å². The number of morpholine rings is 1. The molecule has 0 unspecified atom stereocenters. The Balaban J connectivity index is 1.62.